The number of rotatable bonds is 6. The first-order valence-electron chi connectivity index (χ1n) is 8.05. The molecule has 3 nitrogen and oxygen atoms in total. The molecule has 0 amide bonds. The van der Waals surface area contributed by atoms with E-state index >= 15 is 0 Å². The monoisotopic (exact) mass is 295 g/mol. The second-order valence-electron chi connectivity index (χ2n) is 6.28. The van der Waals surface area contributed by atoms with Crippen LogP contribution in [-0.2, 0) is 6.54 Å². The SMILES string of the molecule is CCN(CC)c1ncc(CNC2CC(C)CC(C)C2)s1. The molecule has 0 spiro atoms. The zero-order valence-corrected chi connectivity index (χ0v) is 14.2. The molecule has 20 heavy (non-hydrogen) atoms. The Hall–Kier alpha value is -0.610. The minimum atomic E-state index is 0.688. The van der Waals surface area contributed by atoms with E-state index in [0.29, 0.717) is 6.04 Å². The number of anilines is 1. The highest BCUT2D eigenvalue weighted by atomic mass is 32.1. The molecule has 1 fully saturated rings. The molecular formula is C16H29N3S. The largest absolute Gasteiger partial charge is 0.349 e. The average Bonchev–Trinajstić information content (AvgIpc) is 2.86. The van der Waals surface area contributed by atoms with E-state index in [4.69, 9.17) is 0 Å². The summed E-state index contributed by atoms with van der Waals surface area (Å²) >= 11 is 1.83. The van der Waals surface area contributed by atoms with Crippen molar-refractivity contribution in [3.05, 3.63) is 11.1 Å². The number of nitrogens with zero attached hydrogens (tertiary/aromatic N) is 2. The van der Waals surface area contributed by atoms with Gasteiger partial charge in [-0.05, 0) is 44.9 Å². The van der Waals surface area contributed by atoms with Gasteiger partial charge in [0, 0.05) is 36.8 Å². The molecule has 1 heterocycles. The highest BCUT2D eigenvalue weighted by Crippen LogP contribution is 2.29. The summed E-state index contributed by atoms with van der Waals surface area (Å²) in [5.41, 5.74) is 0. The molecule has 1 aromatic heterocycles. The Morgan fingerprint density at radius 3 is 2.45 bits per heavy atom. The first kappa shape index (κ1) is 15.8. The molecule has 2 rings (SSSR count). The highest BCUT2D eigenvalue weighted by Gasteiger charge is 2.23. The van der Waals surface area contributed by atoms with Crippen LogP contribution in [0.25, 0.3) is 0 Å². The molecule has 1 N–H and O–H groups in total. The summed E-state index contributed by atoms with van der Waals surface area (Å²) in [7, 11) is 0. The molecule has 1 saturated carbocycles. The van der Waals surface area contributed by atoms with E-state index in [-0.39, 0.29) is 0 Å². The second kappa shape index (κ2) is 7.41. The molecule has 0 bridgehead atoms. The van der Waals surface area contributed by atoms with Crippen molar-refractivity contribution in [3.8, 4) is 0 Å². The van der Waals surface area contributed by atoms with Gasteiger partial charge >= 0.3 is 0 Å². The molecule has 1 aromatic rings. The molecule has 0 saturated heterocycles. The van der Waals surface area contributed by atoms with E-state index in [2.05, 4.69) is 42.9 Å². The zero-order chi connectivity index (χ0) is 14.5. The van der Waals surface area contributed by atoms with Crippen molar-refractivity contribution < 1.29 is 0 Å². The van der Waals surface area contributed by atoms with Crippen molar-refractivity contribution in [2.45, 2.75) is 59.5 Å². The van der Waals surface area contributed by atoms with Gasteiger partial charge in [-0.25, -0.2) is 4.98 Å². The van der Waals surface area contributed by atoms with Crippen LogP contribution in [0.2, 0.25) is 0 Å². The van der Waals surface area contributed by atoms with Crippen molar-refractivity contribution in [1.82, 2.24) is 10.3 Å². The van der Waals surface area contributed by atoms with Crippen LogP contribution in [0.4, 0.5) is 5.13 Å². The van der Waals surface area contributed by atoms with Gasteiger partial charge in [0.2, 0.25) is 0 Å². The maximum atomic E-state index is 4.56. The standard InChI is InChI=1S/C16H29N3S/c1-5-19(6-2)16-18-11-15(20-16)10-17-14-8-12(3)7-13(4)9-14/h11-14,17H,5-10H2,1-4H3. The smallest absolute Gasteiger partial charge is 0.185 e. The predicted molar refractivity (Wildman–Crippen MR) is 88.5 cm³/mol. The van der Waals surface area contributed by atoms with E-state index in [1.165, 1.54) is 24.1 Å². The lowest BCUT2D eigenvalue weighted by molar-refractivity contribution is 0.238. The third-order valence-corrected chi connectivity index (χ3v) is 5.38. The fourth-order valence-electron chi connectivity index (χ4n) is 3.38. The molecule has 0 aliphatic heterocycles. The Kier molecular flexibility index (Phi) is 5.85. The van der Waals surface area contributed by atoms with Crippen molar-refractivity contribution in [3.63, 3.8) is 0 Å². The molecule has 1 aliphatic rings. The van der Waals surface area contributed by atoms with Gasteiger partial charge in [-0.15, -0.1) is 11.3 Å². The van der Waals surface area contributed by atoms with Gasteiger partial charge in [-0.1, -0.05) is 13.8 Å². The molecule has 2 atom stereocenters. The maximum absolute atomic E-state index is 4.56. The molecule has 2 unspecified atom stereocenters. The summed E-state index contributed by atoms with van der Waals surface area (Å²) in [6.07, 6.45) is 6.09. The van der Waals surface area contributed by atoms with Crippen LogP contribution in [0.5, 0.6) is 0 Å². The fourth-order valence-corrected chi connectivity index (χ4v) is 4.37. The Morgan fingerprint density at radius 1 is 1.20 bits per heavy atom. The van der Waals surface area contributed by atoms with Gasteiger partial charge in [0.05, 0.1) is 0 Å². The van der Waals surface area contributed by atoms with Gasteiger partial charge in [0.25, 0.3) is 0 Å². The predicted octanol–water partition coefficient (Wildman–Crippen LogP) is 3.90. The van der Waals surface area contributed by atoms with Crippen LogP contribution in [0.3, 0.4) is 0 Å². The first-order chi connectivity index (χ1) is 9.62. The summed E-state index contributed by atoms with van der Waals surface area (Å²) in [4.78, 5) is 8.23. The normalized spacial score (nSPS) is 26.7. The molecular weight excluding hydrogens is 266 g/mol. The zero-order valence-electron chi connectivity index (χ0n) is 13.4. The number of aromatic nitrogens is 1. The average molecular weight is 295 g/mol. The number of thiazole rings is 1. The highest BCUT2D eigenvalue weighted by molar-refractivity contribution is 7.15. The Balaban J connectivity index is 1.85. The van der Waals surface area contributed by atoms with E-state index in [1.54, 1.807) is 0 Å². The number of hydrogen-bond donors (Lipinski definition) is 1. The van der Waals surface area contributed by atoms with E-state index in [1.807, 2.05) is 17.5 Å². The van der Waals surface area contributed by atoms with Crippen LogP contribution >= 0.6 is 11.3 Å². The Labute approximate surface area is 127 Å². The van der Waals surface area contributed by atoms with Crippen molar-refractivity contribution in [1.29, 1.82) is 0 Å². The van der Waals surface area contributed by atoms with Gasteiger partial charge < -0.3 is 10.2 Å². The molecule has 1 aliphatic carbocycles. The van der Waals surface area contributed by atoms with Gasteiger partial charge in [-0.3, -0.25) is 0 Å². The minimum absolute atomic E-state index is 0.688. The van der Waals surface area contributed by atoms with Crippen molar-refractivity contribution in [2.75, 3.05) is 18.0 Å². The lowest BCUT2D eigenvalue weighted by Gasteiger charge is -2.32. The minimum Gasteiger partial charge on any atom is -0.349 e. The van der Waals surface area contributed by atoms with Crippen molar-refractivity contribution >= 4 is 16.5 Å². The second-order valence-corrected chi connectivity index (χ2v) is 7.37. The van der Waals surface area contributed by atoms with Crippen molar-refractivity contribution in [2.24, 2.45) is 11.8 Å². The van der Waals surface area contributed by atoms with E-state index in [0.717, 1.165) is 36.6 Å². The van der Waals surface area contributed by atoms with Crippen LogP contribution in [0.15, 0.2) is 6.20 Å². The summed E-state index contributed by atoms with van der Waals surface area (Å²) in [5, 5.41) is 4.90. The van der Waals surface area contributed by atoms with Gasteiger partial charge in [0.15, 0.2) is 5.13 Å². The third kappa shape index (κ3) is 4.19. The quantitative estimate of drug-likeness (QED) is 0.862. The molecule has 4 heteroatoms. The Morgan fingerprint density at radius 2 is 1.85 bits per heavy atom. The summed E-state index contributed by atoms with van der Waals surface area (Å²) in [6.45, 7) is 12.2. The van der Waals surface area contributed by atoms with Crippen LogP contribution < -0.4 is 10.2 Å². The number of hydrogen-bond acceptors (Lipinski definition) is 4. The Bertz CT molecular complexity index is 390. The molecule has 0 aromatic carbocycles. The van der Waals surface area contributed by atoms with Crippen LogP contribution in [0, 0.1) is 11.8 Å². The topological polar surface area (TPSA) is 28.2 Å². The first-order valence-corrected chi connectivity index (χ1v) is 8.87. The van der Waals surface area contributed by atoms with E-state index in [9.17, 15) is 0 Å². The van der Waals surface area contributed by atoms with Crippen LogP contribution in [0.1, 0.15) is 51.8 Å². The third-order valence-electron chi connectivity index (χ3n) is 4.32. The lowest BCUT2D eigenvalue weighted by Crippen LogP contribution is -2.35. The van der Waals surface area contributed by atoms with Crippen LogP contribution in [-0.4, -0.2) is 24.1 Å². The lowest BCUT2D eigenvalue weighted by atomic mass is 9.80. The molecule has 0 radical (unpaired) electrons. The summed E-state index contributed by atoms with van der Waals surface area (Å²) in [5.74, 6) is 1.73. The van der Waals surface area contributed by atoms with Gasteiger partial charge in [-0.2, -0.15) is 0 Å². The maximum Gasteiger partial charge on any atom is 0.185 e. The fraction of sp³-hybridized carbons (Fsp3) is 0.812. The van der Waals surface area contributed by atoms with E-state index < -0.39 is 0 Å². The summed E-state index contributed by atoms with van der Waals surface area (Å²) in [6, 6.07) is 0.688. The van der Waals surface area contributed by atoms with Gasteiger partial charge in [0.1, 0.15) is 0 Å². The number of nitrogens with one attached hydrogen (secondary N) is 1. The molecule has 114 valence electrons. The summed E-state index contributed by atoms with van der Waals surface area (Å²) < 4.78 is 0.